The Morgan fingerprint density at radius 1 is 1.33 bits per heavy atom. The van der Waals surface area contributed by atoms with Crippen molar-refractivity contribution in [3.05, 3.63) is 53.1 Å². The van der Waals surface area contributed by atoms with Gasteiger partial charge < -0.3 is 9.64 Å². The van der Waals surface area contributed by atoms with Crippen LogP contribution < -0.4 is 0 Å². The molecule has 1 aromatic heterocycles. The number of nitrogens with zero attached hydrogens (tertiary/aromatic N) is 2. The Kier molecular flexibility index (Phi) is 4.66. The fourth-order valence-electron chi connectivity index (χ4n) is 3.06. The third-order valence-electron chi connectivity index (χ3n) is 4.27. The predicted molar refractivity (Wildman–Crippen MR) is 88.3 cm³/mol. The van der Waals surface area contributed by atoms with Crippen molar-refractivity contribution >= 4 is 5.91 Å². The molecule has 128 valence electrons. The van der Waals surface area contributed by atoms with Crippen LogP contribution in [-0.2, 0) is 4.74 Å². The first-order chi connectivity index (χ1) is 11.5. The molecule has 2 atom stereocenters. The Morgan fingerprint density at radius 2 is 2.04 bits per heavy atom. The average Bonchev–Trinajstić information content (AvgIpc) is 3.04. The molecule has 1 fully saturated rings. The van der Waals surface area contributed by atoms with Gasteiger partial charge >= 0.3 is 0 Å². The average molecular weight is 331 g/mol. The van der Waals surface area contributed by atoms with Gasteiger partial charge in [0, 0.05) is 6.54 Å². The number of ether oxygens (including phenoxy) is 1. The van der Waals surface area contributed by atoms with Crippen LogP contribution >= 0.6 is 0 Å². The van der Waals surface area contributed by atoms with Crippen molar-refractivity contribution < 1.29 is 13.9 Å². The smallest absolute Gasteiger partial charge is 0.257 e. The highest BCUT2D eigenvalue weighted by Crippen LogP contribution is 2.27. The van der Waals surface area contributed by atoms with E-state index in [1.807, 2.05) is 20.8 Å². The summed E-state index contributed by atoms with van der Waals surface area (Å²) in [6.07, 6.45) is 1.24. The van der Waals surface area contributed by atoms with Crippen LogP contribution in [0.3, 0.4) is 0 Å². The number of aromatic nitrogens is 2. The van der Waals surface area contributed by atoms with E-state index in [1.54, 1.807) is 23.2 Å². The lowest BCUT2D eigenvalue weighted by Crippen LogP contribution is -2.46. The fourth-order valence-corrected chi connectivity index (χ4v) is 3.06. The molecule has 24 heavy (non-hydrogen) atoms. The zero-order valence-corrected chi connectivity index (χ0v) is 14.1. The lowest BCUT2D eigenvalue weighted by atomic mass is 10.0. The fraction of sp³-hybridized carbons (Fsp3) is 0.444. The summed E-state index contributed by atoms with van der Waals surface area (Å²) in [6, 6.07) is 6.24. The molecule has 1 amide bonds. The van der Waals surface area contributed by atoms with Crippen LogP contribution in [0.15, 0.2) is 30.5 Å². The number of hydrogen-bond acceptors (Lipinski definition) is 3. The predicted octanol–water partition coefficient (Wildman–Crippen LogP) is 3.27. The minimum Gasteiger partial charge on any atom is -0.367 e. The summed E-state index contributed by atoms with van der Waals surface area (Å²) in [5, 5.41) is 6.93. The van der Waals surface area contributed by atoms with Crippen molar-refractivity contribution in [1.82, 2.24) is 15.1 Å². The molecule has 0 radical (unpaired) electrons. The number of benzene rings is 1. The summed E-state index contributed by atoms with van der Waals surface area (Å²) in [6.45, 7) is 6.95. The molecule has 2 heterocycles. The Balaban J connectivity index is 1.81. The number of hydrogen-bond donors (Lipinski definition) is 1. The monoisotopic (exact) mass is 331 g/mol. The van der Waals surface area contributed by atoms with Crippen LogP contribution in [0.1, 0.15) is 54.4 Å². The van der Waals surface area contributed by atoms with Crippen LogP contribution in [0, 0.1) is 5.82 Å². The lowest BCUT2D eigenvalue weighted by Gasteiger charge is -2.37. The molecule has 0 bridgehead atoms. The number of halogens is 1. The molecule has 2 unspecified atom stereocenters. The quantitative estimate of drug-likeness (QED) is 0.939. The highest BCUT2D eigenvalue weighted by Gasteiger charge is 2.31. The summed E-state index contributed by atoms with van der Waals surface area (Å²) in [4.78, 5) is 14.7. The second-order valence-corrected chi connectivity index (χ2v) is 6.55. The van der Waals surface area contributed by atoms with E-state index in [9.17, 15) is 9.18 Å². The highest BCUT2D eigenvalue weighted by molar-refractivity contribution is 5.95. The minimum absolute atomic E-state index is 0.0466. The van der Waals surface area contributed by atoms with Gasteiger partial charge in [-0.3, -0.25) is 9.89 Å². The zero-order valence-electron chi connectivity index (χ0n) is 14.1. The van der Waals surface area contributed by atoms with Crippen molar-refractivity contribution in [2.24, 2.45) is 0 Å². The van der Waals surface area contributed by atoms with E-state index >= 15 is 0 Å². The molecule has 2 aromatic rings. The van der Waals surface area contributed by atoms with E-state index in [2.05, 4.69) is 10.2 Å². The first-order valence-corrected chi connectivity index (χ1v) is 8.19. The molecular weight excluding hydrogens is 309 g/mol. The molecule has 1 aliphatic rings. The maximum atomic E-state index is 13.1. The Morgan fingerprint density at radius 3 is 2.71 bits per heavy atom. The van der Waals surface area contributed by atoms with E-state index in [-0.39, 0.29) is 29.9 Å². The van der Waals surface area contributed by atoms with Gasteiger partial charge in [0.2, 0.25) is 0 Å². The third kappa shape index (κ3) is 3.33. The molecule has 0 aliphatic carbocycles. The number of rotatable bonds is 3. The topological polar surface area (TPSA) is 58.2 Å². The molecule has 1 aromatic carbocycles. The molecule has 3 rings (SSSR count). The van der Waals surface area contributed by atoms with E-state index in [1.165, 1.54) is 12.1 Å². The number of morpholine rings is 1. The van der Waals surface area contributed by atoms with Crippen LogP contribution in [0.2, 0.25) is 0 Å². The molecular formula is C18H22FN3O2. The number of aromatic amines is 1. The van der Waals surface area contributed by atoms with E-state index in [4.69, 9.17) is 4.74 Å². The number of nitrogens with one attached hydrogen (secondary N) is 1. The summed E-state index contributed by atoms with van der Waals surface area (Å²) in [5.41, 5.74) is 2.33. The first kappa shape index (κ1) is 16.6. The summed E-state index contributed by atoms with van der Waals surface area (Å²) in [5.74, 6) is -0.136. The van der Waals surface area contributed by atoms with Gasteiger partial charge in [0.25, 0.3) is 5.91 Å². The van der Waals surface area contributed by atoms with Crippen LogP contribution in [0.25, 0.3) is 0 Å². The van der Waals surface area contributed by atoms with Gasteiger partial charge in [0.15, 0.2) is 0 Å². The lowest BCUT2D eigenvalue weighted by molar-refractivity contribution is -0.0692. The minimum atomic E-state index is -0.282. The SMILES string of the molecule is CC1CN(C(=O)c2cn[nH]c2C(C)C)CC(c2ccc(F)cc2)O1. The van der Waals surface area contributed by atoms with Gasteiger partial charge in [-0.1, -0.05) is 26.0 Å². The van der Waals surface area contributed by atoms with Gasteiger partial charge in [0.05, 0.1) is 30.1 Å². The number of carbonyl (C=O) groups is 1. The van der Waals surface area contributed by atoms with Crippen LogP contribution in [-0.4, -0.2) is 40.2 Å². The number of H-pyrrole nitrogens is 1. The Labute approximate surface area is 140 Å². The maximum Gasteiger partial charge on any atom is 0.257 e. The van der Waals surface area contributed by atoms with Crippen molar-refractivity contribution in [1.29, 1.82) is 0 Å². The summed E-state index contributed by atoms with van der Waals surface area (Å²) >= 11 is 0. The zero-order chi connectivity index (χ0) is 17.3. The van der Waals surface area contributed by atoms with E-state index < -0.39 is 0 Å². The van der Waals surface area contributed by atoms with Gasteiger partial charge in [-0.05, 0) is 30.5 Å². The van der Waals surface area contributed by atoms with Gasteiger partial charge in [-0.2, -0.15) is 5.10 Å². The molecule has 0 spiro atoms. The maximum absolute atomic E-state index is 13.1. The summed E-state index contributed by atoms with van der Waals surface area (Å²) < 4.78 is 19.1. The van der Waals surface area contributed by atoms with Crippen molar-refractivity contribution in [2.75, 3.05) is 13.1 Å². The van der Waals surface area contributed by atoms with Crippen molar-refractivity contribution in [2.45, 2.75) is 38.9 Å². The standard InChI is InChI=1S/C18H22FN3O2/c1-11(2)17-15(8-20-21-17)18(23)22-9-12(3)24-16(10-22)13-4-6-14(19)7-5-13/h4-8,11-12,16H,9-10H2,1-3H3,(H,20,21). The molecule has 5 nitrogen and oxygen atoms in total. The second kappa shape index (κ2) is 6.73. The molecule has 1 aliphatic heterocycles. The van der Waals surface area contributed by atoms with Gasteiger partial charge in [-0.25, -0.2) is 4.39 Å². The van der Waals surface area contributed by atoms with Crippen LogP contribution in [0.4, 0.5) is 4.39 Å². The molecule has 1 N–H and O–H groups in total. The molecule has 1 saturated heterocycles. The number of amides is 1. The van der Waals surface area contributed by atoms with E-state index in [0.29, 0.717) is 18.7 Å². The van der Waals surface area contributed by atoms with Crippen molar-refractivity contribution in [3.63, 3.8) is 0 Å². The van der Waals surface area contributed by atoms with Gasteiger partial charge in [-0.15, -0.1) is 0 Å². The number of carbonyl (C=O) groups excluding carboxylic acids is 1. The third-order valence-corrected chi connectivity index (χ3v) is 4.27. The first-order valence-electron chi connectivity index (χ1n) is 8.19. The van der Waals surface area contributed by atoms with E-state index in [0.717, 1.165) is 11.3 Å². The largest absolute Gasteiger partial charge is 0.367 e. The van der Waals surface area contributed by atoms with Crippen molar-refractivity contribution in [3.8, 4) is 0 Å². The van der Waals surface area contributed by atoms with Crippen LogP contribution in [0.5, 0.6) is 0 Å². The highest BCUT2D eigenvalue weighted by atomic mass is 19.1. The van der Waals surface area contributed by atoms with Gasteiger partial charge in [0.1, 0.15) is 11.9 Å². The molecule has 0 saturated carbocycles. The second-order valence-electron chi connectivity index (χ2n) is 6.55. The molecule has 6 heteroatoms. The Hall–Kier alpha value is -2.21. The summed E-state index contributed by atoms with van der Waals surface area (Å²) in [7, 11) is 0. The normalized spacial score (nSPS) is 21.3. The Bertz CT molecular complexity index is 711.